The van der Waals surface area contributed by atoms with Crippen molar-refractivity contribution in [3.05, 3.63) is 58.1 Å². The summed E-state index contributed by atoms with van der Waals surface area (Å²) >= 11 is 6.17. The fourth-order valence-corrected chi connectivity index (χ4v) is 3.49. The summed E-state index contributed by atoms with van der Waals surface area (Å²) in [7, 11) is 3.02. The first-order valence-corrected chi connectivity index (χ1v) is 8.32. The molecule has 2 aromatic rings. The maximum Gasteiger partial charge on any atom is 0.259 e. The second-order valence-corrected chi connectivity index (χ2v) is 6.18. The van der Waals surface area contributed by atoms with Gasteiger partial charge in [0.1, 0.15) is 11.3 Å². The Morgan fingerprint density at radius 1 is 1.17 bits per heavy atom. The van der Waals surface area contributed by atoms with Gasteiger partial charge >= 0.3 is 0 Å². The number of carbonyl (C=O) groups excluding carboxylic acids is 1. The zero-order chi connectivity index (χ0) is 17.1. The molecule has 0 spiro atoms. The number of carbonyl (C=O) groups is 1. The van der Waals surface area contributed by atoms with Crippen LogP contribution >= 0.6 is 11.6 Å². The van der Waals surface area contributed by atoms with Crippen LogP contribution < -0.4 is 14.8 Å². The van der Waals surface area contributed by atoms with Gasteiger partial charge in [-0.3, -0.25) is 4.79 Å². The molecule has 0 fully saturated rings. The highest BCUT2D eigenvalue weighted by molar-refractivity contribution is 6.32. The van der Waals surface area contributed by atoms with E-state index in [1.54, 1.807) is 12.1 Å². The molecule has 0 heterocycles. The normalized spacial score (nSPS) is 16.2. The lowest BCUT2D eigenvalue weighted by atomic mass is 9.87. The highest BCUT2D eigenvalue weighted by atomic mass is 35.5. The fraction of sp³-hybridized carbons (Fsp3) is 0.316. The van der Waals surface area contributed by atoms with Crippen molar-refractivity contribution in [2.75, 3.05) is 14.2 Å². The lowest BCUT2D eigenvalue weighted by Gasteiger charge is -2.27. The van der Waals surface area contributed by atoms with Crippen LogP contribution in [0.3, 0.4) is 0 Å². The molecule has 1 N–H and O–H groups in total. The van der Waals surface area contributed by atoms with Crippen molar-refractivity contribution in [2.45, 2.75) is 25.3 Å². The summed E-state index contributed by atoms with van der Waals surface area (Å²) in [6.07, 6.45) is 3.01. The topological polar surface area (TPSA) is 47.6 Å². The Morgan fingerprint density at radius 2 is 1.96 bits per heavy atom. The van der Waals surface area contributed by atoms with E-state index in [4.69, 9.17) is 21.1 Å². The monoisotopic (exact) mass is 345 g/mol. The molecule has 0 aliphatic heterocycles. The lowest BCUT2D eigenvalue weighted by Crippen LogP contribution is -2.31. The number of ether oxygens (including phenoxy) is 2. The Morgan fingerprint density at radius 3 is 2.71 bits per heavy atom. The second kappa shape index (κ2) is 7.14. The molecule has 4 nitrogen and oxygen atoms in total. The van der Waals surface area contributed by atoms with Crippen LogP contribution in [0.2, 0.25) is 5.02 Å². The smallest absolute Gasteiger partial charge is 0.259 e. The van der Waals surface area contributed by atoms with Gasteiger partial charge in [0.25, 0.3) is 5.91 Å². The van der Waals surface area contributed by atoms with E-state index < -0.39 is 0 Å². The predicted octanol–water partition coefficient (Wildman–Crippen LogP) is 4.16. The molecule has 1 amide bonds. The number of aryl methyl sites for hydroxylation is 1. The minimum atomic E-state index is -0.243. The average molecular weight is 346 g/mol. The number of nitrogens with one attached hydrogen (secondary N) is 1. The standard InChI is InChI=1S/C19H20ClNO3/c1-23-16-11-10-14(20)18(24-2)17(16)19(22)21-15-9-5-7-12-6-3-4-8-13(12)15/h3-4,6,8,10-11,15H,5,7,9H2,1-2H3,(H,21,22)/t15-/m0/s1. The van der Waals surface area contributed by atoms with Gasteiger partial charge in [-0.1, -0.05) is 35.9 Å². The quantitative estimate of drug-likeness (QED) is 0.904. The number of hydrogen-bond donors (Lipinski definition) is 1. The Kier molecular flexibility index (Phi) is 4.95. The molecule has 0 unspecified atom stereocenters. The molecule has 0 radical (unpaired) electrons. The third kappa shape index (κ3) is 3.06. The van der Waals surface area contributed by atoms with Gasteiger partial charge in [-0.15, -0.1) is 0 Å². The Balaban J connectivity index is 1.93. The largest absolute Gasteiger partial charge is 0.496 e. The molecular formula is C19H20ClNO3. The highest BCUT2D eigenvalue weighted by Gasteiger charge is 2.26. The van der Waals surface area contributed by atoms with Gasteiger partial charge < -0.3 is 14.8 Å². The lowest BCUT2D eigenvalue weighted by molar-refractivity contribution is 0.0926. The van der Waals surface area contributed by atoms with Crippen LogP contribution in [0.25, 0.3) is 0 Å². The van der Waals surface area contributed by atoms with Gasteiger partial charge in [-0.2, -0.15) is 0 Å². The summed E-state index contributed by atoms with van der Waals surface area (Å²) < 4.78 is 10.6. The molecule has 126 valence electrons. The first-order chi connectivity index (χ1) is 11.7. The summed E-state index contributed by atoms with van der Waals surface area (Å²) in [5.74, 6) is 0.531. The minimum absolute atomic E-state index is 0.0177. The van der Waals surface area contributed by atoms with Crippen molar-refractivity contribution in [2.24, 2.45) is 0 Å². The molecule has 0 saturated heterocycles. The number of benzene rings is 2. The molecule has 0 bridgehead atoms. The molecule has 1 aliphatic carbocycles. The Labute approximate surface area is 146 Å². The molecule has 3 rings (SSSR count). The van der Waals surface area contributed by atoms with Crippen LogP contribution in [0.1, 0.15) is 40.4 Å². The van der Waals surface area contributed by atoms with Crippen LogP contribution in [0, 0.1) is 0 Å². The summed E-state index contributed by atoms with van der Waals surface area (Å²) in [6, 6.07) is 11.5. The highest BCUT2D eigenvalue weighted by Crippen LogP contribution is 2.36. The van der Waals surface area contributed by atoms with Gasteiger partial charge in [-0.25, -0.2) is 0 Å². The van der Waals surface area contributed by atoms with Crippen molar-refractivity contribution in [1.29, 1.82) is 0 Å². The van der Waals surface area contributed by atoms with E-state index in [1.807, 2.05) is 12.1 Å². The molecule has 2 aromatic carbocycles. The van der Waals surface area contributed by atoms with Crippen LogP contribution in [0.4, 0.5) is 0 Å². The third-order valence-corrected chi connectivity index (χ3v) is 4.69. The molecule has 0 saturated carbocycles. The SMILES string of the molecule is COc1ccc(Cl)c(OC)c1C(=O)N[C@H]1CCCc2ccccc21. The zero-order valence-electron chi connectivity index (χ0n) is 13.8. The number of fused-ring (bicyclic) bond motifs is 1. The molecule has 1 atom stereocenters. The Bertz CT molecular complexity index is 760. The molecule has 0 aromatic heterocycles. The van der Waals surface area contributed by atoms with E-state index in [0.717, 1.165) is 19.3 Å². The van der Waals surface area contributed by atoms with E-state index in [-0.39, 0.29) is 11.9 Å². The van der Waals surface area contributed by atoms with E-state index in [0.29, 0.717) is 22.1 Å². The van der Waals surface area contributed by atoms with Crippen LogP contribution in [-0.2, 0) is 6.42 Å². The number of amides is 1. The fourth-order valence-electron chi connectivity index (χ4n) is 3.26. The number of halogens is 1. The van der Waals surface area contributed by atoms with Crippen molar-refractivity contribution >= 4 is 17.5 Å². The van der Waals surface area contributed by atoms with E-state index in [2.05, 4.69) is 17.4 Å². The summed E-state index contributed by atoms with van der Waals surface area (Å²) in [5, 5.41) is 3.49. The van der Waals surface area contributed by atoms with Gasteiger partial charge in [0.05, 0.1) is 25.3 Å². The third-order valence-electron chi connectivity index (χ3n) is 4.40. The molecule has 5 heteroatoms. The van der Waals surface area contributed by atoms with E-state index in [9.17, 15) is 4.79 Å². The zero-order valence-corrected chi connectivity index (χ0v) is 14.5. The number of rotatable bonds is 4. The Hall–Kier alpha value is -2.20. The number of hydrogen-bond acceptors (Lipinski definition) is 3. The van der Waals surface area contributed by atoms with Crippen molar-refractivity contribution in [1.82, 2.24) is 5.32 Å². The van der Waals surface area contributed by atoms with Crippen LogP contribution in [0.5, 0.6) is 11.5 Å². The van der Waals surface area contributed by atoms with Crippen LogP contribution in [-0.4, -0.2) is 20.1 Å². The maximum atomic E-state index is 12.9. The van der Waals surface area contributed by atoms with Crippen molar-refractivity contribution in [3.8, 4) is 11.5 Å². The van der Waals surface area contributed by atoms with E-state index in [1.165, 1.54) is 25.3 Å². The van der Waals surface area contributed by atoms with Crippen LogP contribution in [0.15, 0.2) is 36.4 Å². The second-order valence-electron chi connectivity index (χ2n) is 5.77. The first-order valence-electron chi connectivity index (χ1n) is 7.95. The summed E-state index contributed by atoms with van der Waals surface area (Å²) in [6.45, 7) is 0. The van der Waals surface area contributed by atoms with Crippen molar-refractivity contribution < 1.29 is 14.3 Å². The van der Waals surface area contributed by atoms with Crippen molar-refractivity contribution in [3.63, 3.8) is 0 Å². The van der Waals surface area contributed by atoms with Gasteiger partial charge in [0.2, 0.25) is 0 Å². The molecular weight excluding hydrogens is 326 g/mol. The first kappa shape index (κ1) is 16.7. The van der Waals surface area contributed by atoms with Gasteiger partial charge in [0.15, 0.2) is 5.75 Å². The number of methoxy groups -OCH3 is 2. The maximum absolute atomic E-state index is 12.9. The molecule has 24 heavy (non-hydrogen) atoms. The summed E-state index contributed by atoms with van der Waals surface area (Å²) in [4.78, 5) is 12.9. The minimum Gasteiger partial charge on any atom is -0.496 e. The van der Waals surface area contributed by atoms with Gasteiger partial charge in [0, 0.05) is 0 Å². The van der Waals surface area contributed by atoms with E-state index >= 15 is 0 Å². The van der Waals surface area contributed by atoms with Gasteiger partial charge in [-0.05, 0) is 42.5 Å². The molecule has 1 aliphatic rings. The summed E-state index contributed by atoms with van der Waals surface area (Å²) in [5.41, 5.74) is 2.80. The average Bonchev–Trinajstić information content (AvgIpc) is 2.61. The predicted molar refractivity (Wildman–Crippen MR) is 94.1 cm³/mol.